The molecule has 8 rings (SSSR count). The molecule has 8 aromatic rings. The van der Waals surface area contributed by atoms with Gasteiger partial charge in [-0.15, -0.1) is 11.3 Å². The van der Waals surface area contributed by atoms with E-state index in [1.54, 1.807) is 11.3 Å². The fraction of sp³-hybridized carbons (Fsp3) is 0. The van der Waals surface area contributed by atoms with E-state index in [2.05, 4.69) is 157 Å². The number of fused-ring (bicyclic) bond motifs is 4. The topological polar surface area (TPSA) is 16.1 Å². The maximum atomic E-state index is 4.85. The second-order valence-electron chi connectivity index (χ2n) is 10.5. The zero-order valence-electron chi connectivity index (χ0n) is 22.8. The van der Waals surface area contributed by atoms with Gasteiger partial charge in [0.25, 0.3) is 0 Å². The van der Waals surface area contributed by atoms with Gasteiger partial charge in [-0.2, -0.15) is 0 Å². The highest BCUT2D eigenvalue weighted by atomic mass is 32.1. The molecule has 0 bridgehead atoms. The number of hydrogen-bond acceptors (Lipinski definition) is 3. The molecular formula is C39H26N2S. The molecule has 6 aromatic carbocycles. The van der Waals surface area contributed by atoms with Crippen molar-refractivity contribution in [2.75, 3.05) is 4.90 Å². The minimum Gasteiger partial charge on any atom is -0.311 e. The summed E-state index contributed by atoms with van der Waals surface area (Å²) in [7, 11) is 0. The van der Waals surface area contributed by atoms with Crippen LogP contribution in [0, 0.1) is 0 Å². The van der Waals surface area contributed by atoms with Crippen molar-refractivity contribution in [1.82, 2.24) is 4.98 Å². The third-order valence-corrected chi connectivity index (χ3v) is 9.00. The summed E-state index contributed by atoms with van der Waals surface area (Å²) >= 11 is 1.80. The van der Waals surface area contributed by atoms with Gasteiger partial charge in [-0.25, -0.2) is 0 Å². The van der Waals surface area contributed by atoms with Crippen molar-refractivity contribution in [2.45, 2.75) is 0 Å². The van der Waals surface area contributed by atoms with E-state index in [4.69, 9.17) is 4.98 Å². The molecule has 0 amide bonds. The van der Waals surface area contributed by atoms with Crippen LogP contribution in [0.15, 0.2) is 158 Å². The first-order chi connectivity index (χ1) is 20.8. The zero-order chi connectivity index (χ0) is 27.9. The van der Waals surface area contributed by atoms with Crippen molar-refractivity contribution in [3.05, 3.63) is 158 Å². The van der Waals surface area contributed by atoms with Crippen LogP contribution in [0.4, 0.5) is 17.1 Å². The average molecular weight is 555 g/mol. The molecular weight excluding hydrogens is 529 g/mol. The second-order valence-corrected chi connectivity index (χ2v) is 11.6. The Morgan fingerprint density at radius 2 is 1.02 bits per heavy atom. The number of nitrogens with zero attached hydrogens (tertiary/aromatic N) is 2. The molecule has 0 saturated carbocycles. The molecule has 0 aliphatic carbocycles. The van der Waals surface area contributed by atoms with Crippen LogP contribution in [0.3, 0.4) is 0 Å². The fourth-order valence-electron chi connectivity index (χ4n) is 5.75. The van der Waals surface area contributed by atoms with Gasteiger partial charge in [-0.1, -0.05) is 97.1 Å². The number of thiophene rings is 1. The van der Waals surface area contributed by atoms with Gasteiger partial charge in [0, 0.05) is 38.9 Å². The maximum Gasteiger partial charge on any atom is 0.0888 e. The van der Waals surface area contributed by atoms with Gasteiger partial charge < -0.3 is 4.90 Å². The van der Waals surface area contributed by atoms with E-state index in [1.807, 2.05) is 6.20 Å². The van der Waals surface area contributed by atoms with Crippen molar-refractivity contribution in [1.29, 1.82) is 0 Å². The average Bonchev–Trinajstić information content (AvgIpc) is 3.44. The third-order valence-electron chi connectivity index (χ3n) is 7.90. The van der Waals surface area contributed by atoms with Crippen LogP contribution in [-0.4, -0.2) is 4.98 Å². The van der Waals surface area contributed by atoms with Crippen molar-refractivity contribution >= 4 is 59.5 Å². The van der Waals surface area contributed by atoms with Crippen molar-refractivity contribution in [3.8, 4) is 22.3 Å². The molecule has 198 valence electrons. The lowest BCUT2D eigenvalue weighted by atomic mass is 10.0. The monoisotopic (exact) mass is 554 g/mol. The van der Waals surface area contributed by atoms with E-state index in [-0.39, 0.29) is 0 Å². The summed E-state index contributed by atoms with van der Waals surface area (Å²) in [5, 5.41) is 3.74. The van der Waals surface area contributed by atoms with Crippen LogP contribution >= 0.6 is 11.3 Å². The first kappa shape index (κ1) is 24.5. The summed E-state index contributed by atoms with van der Waals surface area (Å²) < 4.78 is 2.49. The van der Waals surface area contributed by atoms with E-state index in [0.29, 0.717) is 0 Å². The minimum absolute atomic E-state index is 1.08. The highest BCUT2D eigenvalue weighted by Gasteiger charge is 2.14. The Hall–Kier alpha value is -5.25. The normalized spacial score (nSPS) is 11.3. The Kier molecular flexibility index (Phi) is 6.02. The second kappa shape index (κ2) is 10.3. The van der Waals surface area contributed by atoms with Crippen molar-refractivity contribution < 1.29 is 0 Å². The largest absolute Gasteiger partial charge is 0.311 e. The van der Waals surface area contributed by atoms with Crippen LogP contribution in [-0.2, 0) is 0 Å². The van der Waals surface area contributed by atoms with Gasteiger partial charge in [0.1, 0.15) is 0 Å². The summed E-state index contributed by atoms with van der Waals surface area (Å²) in [6.45, 7) is 0. The summed E-state index contributed by atoms with van der Waals surface area (Å²) in [4.78, 5) is 7.16. The van der Waals surface area contributed by atoms with Crippen LogP contribution in [0.5, 0.6) is 0 Å². The van der Waals surface area contributed by atoms with Gasteiger partial charge >= 0.3 is 0 Å². The number of pyridine rings is 1. The quantitative estimate of drug-likeness (QED) is 0.210. The Morgan fingerprint density at radius 3 is 1.79 bits per heavy atom. The van der Waals surface area contributed by atoms with Crippen LogP contribution in [0.2, 0.25) is 0 Å². The Labute approximate surface area is 248 Å². The number of para-hydroxylation sites is 1. The fourth-order valence-corrected chi connectivity index (χ4v) is 6.85. The van der Waals surface area contributed by atoms with E-state index in [1.165, 1.54) is 36.7 Å². The molecule has 0 atom stereocenters. The molecule has 0 saturated heterocycles. The Balaban J connectivity index is 1.14. The third kappa shape index (κ3) is 4.41. The predicted molar refractivity (Wildman–Crippen MR) is 180 cm³/mol. The lowest BCUT2D eigenvalue weighted by Crippen LogP contribution is -2.09. The number of hydrogen-bond donors (Lipinski definition) is 0. The predicted octanol–water partition coefficient (Wildman–Crippen LogP) is 11.4. The molecule has 2 nitrogen and oxygen atoms in total. The number of anilines is 3. The summed E-state index contributed by atoms with van der Waals surface area (Å²) in [5.74, 6) is 0. The summed E-state index contributed by atoms with van der Waals surface area (Å²) in [6, 6.07) is 54.2. The molecule has 2 aromatic heterocycles. The smallest absolute Gasteiger partial charge is 0.0888 e. The first-order valence-electron chi connectivity index (χ1n) is 14.1. The molecule has 0 spiro atoms. The van der Waals surface area contributed by atoms with E-state index in [0.717, 1.165) is 33.7 Å². The summed E-state index contributed by atoms with van der Waals surface area (Å²) in [5.41, 5.74) is 9.15. The van der Waals surface area contributed by atoms with E-state index < -0.39 is 0 Å². The lowest BCUT2D eigenvalue weighted by molar-refractivity contribution is 1.28. The zero-order valence-corrected chi connectivity index (χ0v) is 23.6. The van der Waals surface area contributed by atoms with Gasteiger partial charge in [-0.05, 0) is 82.1 Å². The maximum absolute atomic E-state index is 4.85. The SMILES string of the molecule is c1ccc(N(c2ccc(-c3ccc4ccccc4c3)cc2)c2ccc(-c3cnc4c(c3)sc3ccccc34)cc2)cc1. The van der Waals surface area contributed by atoms with Gasteiger partial charge in [0.2, 0.25) is 0 Å². The lowest BCUT2D eigenvalue weighted by Gasteiger charge is -2.26. The van der Waals surface area contributed by atoms with Crippen LogP contribution in [0.1, 0.15) is 0 Å². The van der Waals surface area contributed by atoms with Crippen molar-refractivity contribution in [3.63, 3.8) is 0 Å². The molecule has 0 radical (unpaired) electrons. The van der Waals surface area contributed by atoms with Gasteiger partial charge in [-0.3, -0.25) is 4.98 Å². The molecule has 2 heterocycles. The molecule has 0 N–H and O–H groups in total. The van der Waals surface area contributed by atoms with Gasteiger partial charge in [0.05, 0.1) is 10.2 Å². The molecule has 3 heteroatoms. The van der Waals surface area contributed by atoms with Gasteiger partial charge in [0.15, 0.2) is 0 Å². The van der Waals surface area contributed by atoms with E-state index >= 15 is 0 Å². The first-order valence-corrected chi connectivity index (χ1v) is 14.9. The number of aromatic nitrogens is 1. The number of benzene rings is 6. The molecule has 0 fully saturated rings. The highest BCUT2D eigenvalue weighted by Crippen LogP contribution is 2.38. The molecule has 0 aliphatic rings. The van der Waals surface area contributed by atoms with Crippen molar-refractivity contribution in [2.24, 2.45) is 0 Å². The molecule has 42 heavy (non-hydrogen) atoms. The Bertz CT molecular complexity index is 2180. The Morgan fingerprint density at radius 1 is 0.429 bits per heavy atom. The van der Waals surface area contributed by atoms with E-state index in [9.17, 15) is 0 Å². The summed E-state index contributed by atoms with van der Waals surface area (Å²) in [6.07, 6.45) is 2.00. The minimum atomic E-state index is 1.08. The molecule has 0 unspecified atom stereocenters. The van der Waals surface area contributed by atoms with Crippen LogP contribution in [0.25, 0.3) is 53.3 Å². The van der Waals surface area contributed by atoms with Crippen LogP contribution < -0.4 is 4.90 Å². The number of rotatable bonds is 5. The highest BCUT2D eigenvalue weighted by molar-refractivity contribution is 7.25. The molecule has 0 aliphatic heterocycles. The standard InChI is InChI=1S/C39H26N2S/c1-2-10-33(11-3-1)41(34-20-16-28(17-21-34)31-15-14-27-8-4-5-9-30(27)24-31)35-22-18-29(19-23-35)32-25-38-39(40-26-32)36-12-6-7-13-37(36)42-38/h1-26H.